The summed E-state index contributed by atoms with van der Waals surface area (Å²) in [5, 5.41) is 14.5. The van der Waals surface area contributed by atoms with E-state index in [1.807, 2.05) is 7.05 Å². The maximum absolute atomic E-state index is 11.1. The van der Waals surface area contributed by atoms with Crippen molar-refractivity contribution in [2.45, 2.75) is 87.9 Å². The minimum atomic E-state index is -0.415. The maximum Gasteiger partial charge on any atom is 0.0686 e. The van der Waals surface area contributed by atoms with E-state index in [0.717, 1.165) is 45.1 Å². The molecule has 116 valence electrons. The highest BCUT2D eigenvalue weighted by Crippen LogP contribution is 2.47. The van der Waals surface area contributed by atoms with Crippen LogP contribution in [0.4, 0.5) is 0 Å². The third-order valence-corrected chi connectivity index (χ3v) is 6.28. The van der Waals surface area contributed by atoms with Gasteiger partial charge in [0.1, 0.15) is 0 Å². The molecule has 1 saturated heterocycles. The first kappa shape index (κ1) is 14.8. The van der Waals surface area contributed by atoms with E-state index >= 15 is 0 Å². The zero-order chi connectivity index (χ0) is 14.1. The highest BCUT2D eigenvalue weighted by Gasteiger charge is 2.47. The van der Waals surface area contributed by atoms with Gasteiger partial charge in [0.25, 0.3) is 0 Å². The summed E-state index contributed by atoms with van der Waals surface area (Å²) < 4.78 is 6.19. The highest BCUT2D eigenvalue weighted by atomic mass is 16.5. The predicted molar refractivity (Wildman–Crippen MR) is 80.8 cm³/mol. The van der Waals surface area contributed by atoms with Crippen molar-refractivity contribution in [3.8, 4) is 0 Å². The van der Waals surface area contributed by atoms with Gasteiger partial charge in [-0.3, -0.25) is 0 Å². The van der Waals surface area contributed by atoms with E-state index < -0.39 is 5.60 Å². The van der Waals surface area contributed by atoms with Crippen molar-refractivity contribution in [3.05, 3.63) is 0 Å². The lowest BCUT2D eigenvalue weighted by Gasteiger charge is -2.50. The molecule has 2 aliphatic carbocycles. The molecule has 0 aromatic heterocycles. The maximum atomic E-state index is 11.1. The van der Waals surface area contributed by atoms with Crippen LogP contribution in [0.25, 0.3) is 0 Å². The summed E-state index contributed by atoms with van der Waals surface area (Å²) in [6.07, 6.45) is 12.8. The van der Waals surface area contributed by atoms with E-state index in [2.05, 4.69) is 5.32 Å². The predicted octanol–water partition coefficient (Wildman–Crippen LogP) is 3.01. The first-order valence-corrected chi connectivity index (χ1v) is 8.69. The van der Waals surface area contributed by atoms with E-state index in [1.54, 1.807) is 0 Å². The molecule has 1 aliphatic heterocycles. The second-order valence-electron chi connectivity index (χ2n) is 7.45. The van der Waals surface area contributed by atoms with Crippen LogP contribution >= 0.6 is 0 Å². The number of rotatable bonds is 2. The van der Waals surface area contributed by atoms with Crippen molar-refractivity contribution in [3.63, 3.8) is 0 Å². The van der Waals surface area contributed by atoms with Gasteiger partial charge in [-0.15, -0.1) is 0 Å². The molecule has 1 atom stereocenters. The molecular weight excluding hydrogens is 250 g/mol. The molecule has 1 spiro atoms. The van der Waals surface area contributed by atoms with Crippen LogP contribution in [-0.4, -0.2) is 36.0 Å². The fourth-order valence-corrected chi connectivity index (χ4v) is 4.85. The number of nitrogens with one attached hydrogen (secondary N) is 1. The van der Waals surface area contributed by atoms with Crippen LogP contribution in [0, 0.1) is 5.92 Å². The standard InChI is InChI=1S/C17H31NO2/c1-18-15-5-10-17(19,11-6-15)14-7-12-20-16(13-14)8-3-2-4-9-16/h14-15,18-19H,2-13H2,1H3. The Balaban J connectivity index is 1.64. The molecule has 0 amide bonds. The quantitative estimate of drug-likeness (QED) is 0.817. The van der Waals surface area contributed by atoms with Crippen LogP contribution in [0.3, 0.4) is 0 Å². The molecule has 1 unspecified atom stereocenters. The topological polar surface area (TPSA) is 41.5 Å². The van der Waals surface area contributed by atoms with Crippen LogP contribution in [-0.2, 0) is 4.74 Å². The molecule has 3 nitrogen and oxygen atoms in total. The van der Waals surface area contributed by atoms with Gasteiger partial charge in [0.05, 0.1) is 11.2 Å². The molecule has 2 saturated carbocycles. The van der Waals surface area contributed by atoms with Crippen molar-refractivity contribution in [2.24, 2.45) is 5.92 Å². The molecular formula is C17H31NO2. The minimum Gasteiger partial charge on any atom is -0.390 e. The van der Waals surface area contributed by atoms with Crippen molar-refractivity contribution in [1.29, 1.82) is 0 Å². The number of aliphatic hydroxyl groups is 1. The Morgan fingerprint density at radius 3 is 2.35 bits per heavy atom. The van der Waals surface area contributed by atoms with Crippen molar-refractivity contribution in [2.75, 3.05) is 13.7 Å². The Kier molecular flexibility index (Phi) is 4.40. The van der Waals surface area contributed by atoms with Gasteiger partial charge in [-0.1, -0.05) is 19.3 Å². The summed E-state index contributed by atoms with van der Waals surface area (Å²) in [5.41, 5.74) is -0.293. The lowest BCUT2D eigenvalue weighted by Crippen LogP contribution is -2.51. The second-order valence-corrected chi connectivity index (χ2v) is 7.45. The van der Waals surface area contributed by atoms with Gasteiger partial charge in [-0.2, -0.15) is 0 Å². The molecule has 0 aromatic carbocycles. The Labute approximate surface area is 123 Å². The normalized spacial score (nSPS) is 41.7. The van der Waals surface area contributed by atoms with Crippen LogP contribution in [0.1, 0.15) is 70.6 Å². The molecule has 0 bridgehead atoms. The van der Waals surface area contributed by atoms with Crippen molar-refractivity contribution < 1.29 is 9.84 Å². The van der Waals surface area contributed by atoms with Crippen LogP contribution < -0.4 is 5.32 Å². The first-order chi connectivity index (χ1) is 9.66. The van der Waals surface area contributed by atoms with Gasteiger partial charge in [-0.25, -0.2) is 0 Å². The lowest BCUT2D eigenvalue weighted by molar-refractivity contribution is -0.164. The van der Waals surface area contributed by atoms with Gasteiger partial charge in [0.2, 0.25) is 0 Å². The molecule has 20 heavy (non-hydrogen) atoms. The lowest BCUT2D eigenvalue weighted by atomic mass is 9.66. The van der Waals surface area contributed by atoms with Gasteiger partial charge in [0.15, 0.2) is 0 Å². The second kappa shape index (κ2) is 5.94. The van der Waals surface area contributed by atoms with Crippen LogP contribution in [0.2, 0.25) is 0 Å². The largest absolute Gasteiger partial charge is 0.390 e. The van der Waals surface area contributed by atoms with Gasteiger partial charge in [0, 0.05) is 12.6 Å². The highest BCUT2D eigenvalue weighted by molar-refractivity contribution is 4.99. The fraction of sp³-hybridized carbons (Fsp3) is 1.00. The third-order valence-electron chi connectivity index (χ3n) is 6.28. The summed E-state index contributed by atoms with van der Waals surface area (Å²) >= 11 is 0. The van der Waals surface area contributed by atoms with Crippen molar-refractivity contribution >= 4 is 0 Å². The molecule has 3 rings (SSSR count). The number of ether oxygens (including phenoxy) is 1. The number of hydrogen-bond donors (Lipinski definition) is 2. The minimum absolute atomic E-state index is 0.122. The summed E-state index contributed by atoms with van der Waals surface area (Å²) in [6, 6.07) is 0.610. The molecule has 3 aliphatic rings. The summed E-state index contributed by atoms with van der Waals surface area (Å²) in [7, 11) is 2.04. The Morgan fingerprint density at radius 2 is 1.70 bits per heavy atom. The zero-order valence-corrected chi connectivity index (χ0v) is 13.0. The van der Waals surface area contributed by atoms with Gasteiger partial charge in [-0.05, 0) is 64.3 Å². The van der Waals surface area contributed by atoms with Gasteiger partial charge < -0.3 is 15.2 Å². The Morgan fingerprint density at radius 1 is 1.00 bits per heavy atom. The first-order valence-electron chi connectivity index (χ1n) is 8.69. The smallest absolute Gasteiger partial charge is 0.0686 e. The van der Waals surface area contributed by atoms with E-state index in [9.17, 15) is 5.11 Å². The Hall–Kier alpha value is -0.120. The molecule has 3 fully saturated rings. The SMILES string of the molecule is CNC1CCC(O)(C2CCOC3(CCCCC3)C2)CC1. The van der Waals surface area contributed by atoms with Gasteiger partial charge >= 0.3 is 0 Å². The third kappa shape index (κ3) is 2.90. The molecule has 0 radical (unpaired) electrons. The Bertz CT molecular complexity index is 311. The van der Waals surface area contributed by atoms with Crippen LogP contribution in [0.5, 0.6) is 0 Å². The molecule has 3 heteroatoms. The average molecular weight is 281 g/mol. The van der Waals surface area contributed by atoms with E-state index in [-0.39, 0.29) is 5.60 Å². The van der Waals surface area contributed by atoms with E-state index in [1.165, 1.54) is 32.1 Å². The zero-order valence-electron chi connectivity index (χ0n) is 13.0. The molecule has 2 N–H and O–H groups in total. The number of hydrogen-bond acceptors (Lipinski definition) is 3. The average Bonchev–Trinajstić information content (AvgIpc) is 2.49. The van der Waals surface area contributed by atoms with E-state index in [4.69, 9.17) is 4.74 Å². The summed E-state index contributed by atoms with van der Waals surface area (Å²) in [4.78, 5) is 0. The van der Waals surface area contributed by atoms with E-state index in [0.29, 0.717) is 12.0 Å². The summed E-state index contributed by atoms with van der Waals surface area (Å²) in [6.45, 7) is 0.864. The monoisotopic (exact) mass is 281 g/mol. The fourth-order valence-electron chi connectivity index (χ4n) is 4.85. The summed E-state index contributed by atoms with van der Waals surface area (Å²) in [5.74, 6) is 0.465. The van der Waals surface area contributed by atoms with Crippen molar-refractivity contribution in [1.82, 2.24) is 5.32 Å². The molecule has 1 heterocycles. The molecule has 0 aromatic rings. The van der Waals surface area contributed by atoms with Crippen LogP contribution in [0.15, 0.2) is 0 Å².